The molecule has 1 unspecified atom stereocenters. The van der Waals surface area contributed by atoms with Crippen LogP contribution in [0.1, 0.15) is 11.9 Å². The topological polar surface area (TPSA) is 106 Å². The van der Waals surface area contributed by atoms with Crippen LogP contribution in [0.3, 0.4) is 0 Å². The molecule has 0 amide bonds. The Bertz CT molecular complexity index is 525. The van der Waals surface area contributed by atoms with Crippen molar-refractivity contribution in [1.82, 2.24) is 19.6 Å². The van der Waals surface area contributed by atoms with Crippen LogP contribution in [0.2, 0.25) is 0 Å². The summed E-state index contributed by atoms with van der Waals surface area (Å²) in [6.07, 6.45) is 3.16. The quantitative estimate of drug-likeness (QED) is 0.795. The number of hydrogen-bond acceptors (Lipinski definition) is 5. The van der Waals surface area contributed by atoms with Crippen LogP contribution in [-0.4, -0.2) is 30.7 Å². The normalized spacial score (nSPS) is 12.9. The molecule has 15 heavy (non-hydrogen) atoms. The summed E-state index contributed by atoms with van der Waals surface area (Å²) < 4.78 is 2.08. The Balaban J connectivity index is 2.51. The zero-order valence-electron chi connectivity index (χ0n) is 7.33. The van der Waals surface area contributed by atoms with E-state index in [2.05, 4.69) is 31.0 Å². The van der Waals surface area contributed by atoms with E-state index in [4.69, 9.17) is 10.8 Å². The molecule has 3 N–H and O–H groups in total. The number of halogens is 1. The van der Waals surface area contributed by atoms with Crippen LogP contribution in [0.25, 0.3) is 5.78 Å². The third-order valence-electron chi connectivity index (χ3n) is 1.72. The highest BCUT2D eigenvalue weighted by atomic mass is 79.9. The van der Waals surface area contributed by atoms with Gasteiger partial charge in [-0.3, -0.25) is 4.79 Å². The van der Waals surface area contributed by atoms with Crippen molar-refractivity contribution in [3.05, 3.63) is 22.7 Å². The molecule has 0 radical (unpaired) electrons. The summed E-state index contributed by atoms with van der Waals surface area (Å²) in [6.45, 7) is 0. The molecule has 0 aliphatic carbocycles. The van der Waals surface area contributed by atoms with Gasteiger partial charge in [0.2, 0.25) is 0 Å². The lowest BCUT2D eigenvalue weighted by atomic mass is 10.3. The minimum atomic E-state index is -1.23. The van der Waals surface area contributed by atoms with Gasteiger partial charge in [0.1, 0.15) is 0 Å². The van der Waals surface area contributed by atoms with Crippen LogP contribution < -0.4 is 5.73 Å². The maximum Gasteiger partial charge on any atom is 0.328 e. The highest BCUT2D eigenvalue weighted by molar-refractivity contribution is 9.10. The first kappa shape index (κ1) is 9.99. The number of rotatable bonds is 2. The molecule has 0 saturated heterocycles. The van der Waals surface area contributed by atoms with Gasteiger partial charge < -0.3 is 10.8 Å². The fourth-order valence-corrected chi connectivity index (χ4v) is 1.31. The molecule has 1 atom stereocenters. The molecule has 0 aliphatic rings. The van der Waals surface area contributed by atoms with Gasteiger partial charge in [0.15, 0.2) is 11.9 Å². The van der Waals surface area contributed by atoms with E-state index >= 15 is 0 Å². The van der Waals surface area contributed by atoms with Gasteiger partial charge >= 0.3 is 5.97 Å². The van der Waals surface area contributed by atoms with Crippen LogP contribution in [0.5, 0.6) is 0 Å². The van der Waals surface area contributed by atoms with Crippen LogP contribution in [0.4, 0.5) is 0 Å². The summed E-state index contributed by atoms with van der Waals surface area (Å²) in [6, 6.07) is -1.23. The number of carboxylic acid groups (broad SMARTS) is 1. The van der Waals surface area contributed by atoms with Gasteiger partial charge in [-0.2, -0.15) is 4.98 Å². The fraction of sp³-hybridized carbons (Fsp3) is 0.143. The Labute approximate surface area is 92.1 Å². The lowest BCUT2D eigenvalue weighted by Crippen LogP contribution is -2.22. The molecule has 0 spiro atoms. The van der Waals surface area contributed by atoms with Crippen molar-refractivity contribution in [1.29, 1.82) is 0 Å². The van der Waals surface area contributed by atoms with Crippen LogP contribution in [0.15, 0.2) is 16.9 Å². The third kappa shape index (κ3) is 1.81. The number of nitrogens with zero attached hydrogens (tertiary/aromatic N) is 4. The summed E-state index contributed by atoms with van der Waals surface area (Å²) in [5.74, 6) is -0.831. The number of aromatic nitrogens is 4. The first-order chi connectivity index (χ1) is 7.08. The molecule has 0 fully saturated rings. The van der Waals surface area contributed by atoms with E-state index in [1.807, 2.05) is 0 Å². The predicted molar refractivity (Wildman–Crippen MR) is 53.0 cm³/mol. The first-order valence-electron chi connectivity index (χ1n) is 3.94. The Morgan fingerprint density at radius 1 is 1.67 bits per heavy atom. The van der Waals surface area contributed by atoms with Gasteiger partial charge in [0.05, 0.1) is 4.47 Å². The van der Waals surface area contributed by atoms with Crippen LogP contribution in [0, 0.1) is 0 Å². The summed E-state index contributed by atoms with van der Waals surface area (Å²) in [5.41, 5.74) is 5.36. The fourth-order valence-electron chi connectivity index (χ4n) is 1.02. The summed E-state index contributed by atoms with van der Waals surface area (Å²) in [7, 11) is 0. The highest BCUT2D eigenvalue weighted by Crippen LogP contribution is 2.10. The van der Waals surface area contributed by atoms with Crippen molar-refractivity contribution >= 4 is 27.7 Å². The summed E-state index contributed by atoms with van der Waals surface area (Å²) >= 11 is 3.21. The van der Waals surface area contributed by atoms with Crippen molar-refractivity contribution in [2.75, 3.05) is 0 Å². The van der Waals surface area contributed by atoms with Crippen molar-refractivity contribution in [3.8, 4) is 0 Å². The van der Waals surface area contributed by atoms with E-state index < -0.39 is 12.0 Å². The average Bonchev–Trinajstić information content (AvgIpc) is 2.58. The summed E-state index contributed by atoms with van der Waals surface area (Å²) in [5, 5.41) is 12.6. The van der Waals surface area contributed by atoms with Crippen molar-refractivity contribution in [2.45, 2.75) is 6.04 Å². The van der Waals surface area contributed by atoms with Crippen LogP contribution in [-0.2, 0) is 4.79 Å². The van der Waals surface area contributed by atoms with Gasteiger partial charge in [-0.05, 0) is 15.9 Å². The van der Waals surface area contributed by atoms with E-state index in [9.17, 15) is 4.79 Å². The summed E-state index contributed by atoms with van der Waals surface area (Å²) in [4.78, 5) is 18.4. The molecule has 2 aromatic heterocycles. The third-order valence-corrected chi connectivity index (χ3v) is 2.13. The number of carbonyl (C=O) groups is 1. The van der Waals surface area contributed by atoms with Crippen LogP contribution >= 0.6 is 15.9 Å². The molecule has 2 aromatic rings. The van der Waals surface area contributed by atoms with E-state index in [0.717, 1.165) is 4.47 Å². The van der Waals surface area contributed by atoms with Gasteiger partial charge in [-0.15, -0.1) is 5.10 Å². The largest absolute Gasteiger partial charge is 0.480 e. The van der Waals surface area contributed by atoms with Gasteiger partial charge in [0, 0.05) is 12.4 Å². The molecule has 78 valence electrons. The number of nitrogens with two attached hydrogens (primary N) is 1. The second kappa shape index (κ2) is 3.55. The van der Waals surface area contributed by atoms with E-state index in [1.165, 1.54) is 4.52 Å². The number of fused-ring (bicyclic) bond motifs is 1. The zero-order chi connectivity index (χ0) is 11.0. The van der Waals surface area contributed by atoms with Crippen molar-refractivity contribution in [3.63, 3.8) is 0 Å². The molecular weight excluding hydrogens is 266 g/mol. The van der Waals surface area contributed by atoms with Crippen molar-refractivity contribution in [2.24, 2.45) is 5.73 Å². The van der Waals surface area contributed by atoms with Gasteiger partial charge in [-0.25, -0.2) is 9.50 Å². The lowest BCUT2D eigenvalue weighted by Gasteiger charge is -1.97. The zero-order valence-corrected chi connectivity index (χ0v) is 8.92. The Kier molecular flexibility index (Phi) is 2.37. The second-order valence-corrected chi connectivity index (χ2v) is 3.72. The Morgan fingerprint density at radius 2 is 2.40 bits per heavy atom. The molecule has 2 rings (SSSR count). The van der Waals surface area contributed by atoms with Gasteiger partial charge in [-0.1, -0.05) is 0 Å². The lowest BCUT2D eigenvalue weighted by molar-refractivity contribution is -0.138. The molecule has 8 heteroatoms. The molecule has 2 heterocycles. The van der Waals surface area contributed by atoms with Gasteiger partial charge in [0.25, 0.3) is 5.78 Å². The standard InChI is InChI=1S/C7H6BrN5O2/c8-3-1-10-7-11-5(4(9)6(14)15)12-13(7)2-3/h1-2,4H,9H2,(H,14,15). The molecule has 0 bridgehead atoms. The monoisotopic (exact) mass is 271 g/mol. The molecule has 0 saturated carbocycles. The Hall–Kier alpha value is -1.54. The first-order valence-corrected chi connectivity index (χ1v) is 4.73. The maximum atomic E-state index is 10.6. The van der Waals surface area contributed by atoms with Crippen molar-refractivity contribution < 1.29 is 9.90 Å². The molecule has 0 aromatic carbocycles. The number of hydrogen-bond donors (Lipinski definition) is 2. The Morgan fingerprint density at radius 3 is 3.07 bits per heavy atom. The maximum absolute atomic E-state index is 10.6. The van der Waals surface area contributed by atoms with E-state index in [-0.39, 0.29) is 5.82 Å². The number of aliphatic carboxylic acids is 1. The minimum Gasteiger partial charge on any atom is -0.480 e. The molecule has 0 aliphatic heterocycles. The van der Waals surface area contributed by atoms with E-state index in [1.54, 1.807) is 12.4 Å². The SMILES string of the molecule is NC(C(=O)O)c1nc2ncc(Br)cn2n1. The predicted octanol–water partition coefficient (Wildman–Crippen LogP) is -0.0288. The molecular formula is C7H6BrN5O2. The molecule has 7 nitrogen and oxygen atoms in total. The minimum absolute atomic E-state index is 0.0353. The van der Waals surface area contributed by atoms with E-state index in [0.29, 0.717) is 5.78 Å². The highest BCUT2D eigenvalue weighted by Gasteiger charge is 2.19. The average molecular weight is 272 g/mol. The second-order valence-electron chi connectivity index (χ2n) is 2.80. The smallest absolute Gasteiger partial charge is 0.328 e. The number of carboxylic acids is 1.